The van der Waals surface area contributed by atoms with Gasteiger partial charge in [0.1, 0.15) is 6.10 Å². The third-order valence-corrected chi connectivity index (χ3v) is 13.6. The van der Waals surface area contributed by atoms with Crippen molar-refractivity contribution in [3.63, 3.8) is 0 Å². The van der Waals surface area contributed by atoms with Gasteiger partial charge in [0.2, 0.25) is 0 Å². The van der Waals surface area contributed by atoms with Crippen molar-refractivity contribution in [2.45, 2.75) is 126 Å². The lowest BCUT2D eigenvalue weighted by Gasteiger charge is -2.71. The van der Waals surface area contributed by atoms with Gasteiger partial charge in [0.25, 0.3) is 0 Å². The number of esters is 1. The Labute approximate surface area is 210 Å². The largest absolute Gasteiger partial charge is 0.462 e. The maximum atomic E-state index is 11.9. The summed E-state index contributed by atoms with van der Waals surface area (Å²) in [6.07, 6.45) is 14.6. The minimum atomic E-state index is -0.110. The summed E-state index contributed by atoms with van der Waals surface area (Å²) in [7, 11) is 0. The van der Waals surface area contributed by atoms with Gasteiger partial charge >= 0.3 is 5.97 Å². The second-order valence-corrected chi connectivity index (χ2v) is 15.3. The van der Waals surface area contributed by atoms with Crippen molar-refractivity contribution in [3.05, 3.63) is 11.6 Å². The zero-order chi connectivity index (χ0) is 24.9. The Morgan fingerprint density at radius 2 is 1.59 bits per heavy atom. The fourth-order valence-corrected chi connectivity index (χ4v) is 11.2. The molecule has 34 heavy (non-hydrogen) atoms. The minimum absolute atomic E-state index is 0.0450. The van der Waals surface area contributed by atoms with Gasteiger partial charge in [0, 0.05) is 12.3 Å². The first kappa shape index (κ1) is 24.9. The Morgan fingerprint density at radius 3 is 2.26 bits per heavy atom. The minimum Gasteiger partial charge on any atom is -0.462 e. The Bertz CT molecular complexity index is 885. The third-order valence-electron chi connectivity index (χ3n) is 13.6. The molecular weight excluding hydrogens is 416 g/mol. The van der Waals surface area contributed by atoms with E-state index in [1.807, 2.05) is 5.57 Å². The van der Waals surface area contributed by atoms with Gasteiger partial charge in [-0.25, -0.2) is 0 Å². The van der Waals surface area contributed by atoms with Crippen molar-refractivity contribution in [2.75, 3.05) is 0 Å². The van der Waals surface area contributed by atoms with E-state index in [-0.39, 0.29) is 17.5 Å². The summed E-state index contributed by atoms with van der Waals surface area (Å²) < 4.78 is 5.91. The van der Waals surface area contributed by atoms with Crippen LogP contribution in [0.25, 0.3) is 0 Å². The maximum absolute atomic E-state index is 11.9. The van der Waals surface area contributed by atoms with Crippen LogP contribution < -0.4 is 0 Å². The van der Waals surface area contributed by atoms with Gasteiger partial charge in [-0.05, 0) is 109 Å². The summed E-state index contributed by atoms with van der Waals surface area (Å²) in [4.78, 5) is 11.9. The predicted octanol–water partition coefficient (Wildman–Crippen LogP) is 8.60. The van der Waals surface area contributed by atoms with Gasteiger partial charge in [0.05, 0.1) is 0 Å². The van der Waals surface area contributed by atoms with Crippen molar-refractivity contribution in [1.82, 2.24) is 0 Å². The van der Waals surface area contributed by atoms with E-state index in [9.17, 15) is 4.79 Å². The van der Waals surface area contributed by atoms with Gasteiger partial charge in [0.15, 0.2) is 0 Å². The highest BCUT2D eigenvalue weighted by atomic mass is 16.5. The summed E-state index contributed by atoms with van der Waals surface area (Å²) >= 11 is 0. The summed E-state index contributed by atoms with van der Waals surface area (Å²) in [5.74, 6) is 3.66. The molecule has 2 heteroatoms. The molecule has 5 rings (SSSR count). The second kappa shape index (κ2) is 7.61. The molecule has 0 aromatic rings. The van der Waals surface area contributed by atoms with Crippen molar-refractivity contribution in [3.8, 4) is 0 Å². The van der Waals surface area contributed by atoms with Crippen LogP contribution in [-0.2, 0) is 9.53 Å². The molecule has 0 N–H and O–H groups in total. The Balaban J connectivity index is 1.54. The lowest BCUT2D eigenvalue weighted by Crippen LogP contribution is -2.65. The molecular formula is C32H52O2. The van der Waals surface area contributed by atoms with Crippen molar-refractivity contribution < 1.29 is 9.53 Å². The van der Waals surface area contributed by atoms with Crippen LogP contribution in [0.1, 0.15) is 120 Å². The zero-order valence-corrected chi connectivity index (χ0v) is 23.7. The van der Waals surface area contributed by atoms with E-state index >= 15 is 0 Å². The lowest BCUT2D eigenvalue weighted by atomic mass is 9.33. The molecule has 5 aliphatic rings. The van der Waals surface area contributed by atoms with E-state index in [2.05, 4.69) is 61.5 Å². The highest BCUT2D eigenvalue weighted by Crippen LogP contribution is 2.75. The van der Waals surface area contributed by atoms with E-state index in [1.165, 1.54) is 51.4 Å². The van der Waals surface area contributed by atoms with E-state index in [0.717, 1.165) is 30.1 Å². The number of carbonyl (C=O) groups is 1. The lowest BCUT2D eigenvalue weighted by molar-refractivity contribution is -0.212. The summed E-state index contributed by atoms with van der Waals surface area (Å²) in [5.41, 5.74) is 3.44. The van der Waals surface area contributed by atoms with Gasteiger partial charge < -0.3 is 4.74 Å². The van der Waals surface area contributed by atoms with Crippen LogP contribution in [0.4, 0.5) is 0 Å². The van der Waals surface area contributed by atoms with Gasteiger partial charge in [-0.3, -0.25) is 4.79 Å². The molecule has 0 radical (unpaired) electrons. The van der Waals surface area contributed by atoms with E-state index in [4.69, 9.17) is 4.74 Å². The Hall–Kier alpha value is -0.790. The van der Waals surface area contributed by atoms with Crippen LogP contribution in [0.2, 0.25) is 0 Å². The van der Waals surface area contributed by atoms with Crippen molar-refractivity contribution in [2.24, 2.45) is 56.7 Å². The topological polar surface area (TPSA) is 26.3 Å². The fourth-order valence-electron chi connectivity index (χ4n) is 11.2. The Morgan fingerprint density at radius 1 is 0.882 bits per heavy atom. The number of hydrogen-bond acceptors (Lipinski definition) is 2. The summed E-state index contributed by atoms with van der Waals surface area (Å²) in [5, 5.41) is 0. The molecule has 0 amide bonds. The fraction of sp³-hybridized carbons (Fsp3) is 0.906. The molecule has 0 heterocycles. The van der Waals surface area contributed by atoms with Crippen LogP contribution in [0, 0.1) is 56.7 Å². The first-order chi connectivity index (χ1) is 15.7. The number of allylic oxidation sites excluding steroid dienone is 2. The normalized spacial score (nSPS) is 54.0. The average Bonchev–Trinajstić information content (AvgIpc) is 2.74. The number of carbonyl (C=O) groups excluding carboxylic acids is 1. The molecule has 4 saturated carbocycles. The highest BCUT2D eigenvalue weighted by Gasteiger charge is 2.68. The first-order valence-corrected chi connectivity index (χ1v) is 14.6. The number of hydrogen-bond donors (Lipinski definition) is 0. The highest BCUT2D eigenvalue weighted by molar-refractivity contribution is 5.66. The molecule has 5 aliphatic carbocycles. The molecule has 0 aromatic heterocycles. The van der Waals surface area contributed by atoms with E-state index < -0.39 is 0 Å². The molecule has 0 spiro atoms. The maximum Gasteiger partial charge on any atom is 0.302 e. The van der Waals surface area contributed by atoms with Crippen LogP contribution in [0.5, 0.6) is 0 Å². The van der Waals surface area contributed by atoms with E-state index in [1.54, 1.807) is 6.92 Å². The third kappa shape index (κ3) is 3.08. The van der Waals surface area contributed by atoms with Crippen LogP contribution in [0.15, 0.2) is 11.6 Å². The molecule has 4 fully saturated rings. The zero-order valence-electron chi connectivity index (χ0n) is 23.7. The smallest absolute Gasteiger partial charge is 0.302 e. The van der Waals surface area contributed by atoms with Crippen LogP contribution in [-0.4, -0.2) is 12.1 Å². The van der Waals surface area contributed by atoms with E-state index in [0.29, 0.717) is 27.6 Å². The van der Waals surface area contributed by atoms with Crippen molar-refractivity contribution in [1.29, 1.82) is 0 Å². The molecule has 0 aromatic carbocycles. The standard InChI is InChI=1S/C32H52O2/c1-20-12-15-29(6)18-19-31(8)23(27(29)21(20)2)10-11-25-30(7)16-14-26(34-22(3)33)28(4,5)24(30)13-17-32(25,31)9/h10,20-21,24-27H,11-19H2,1-9H3/t20-,21-,24+,25+,26-,27+,29+,30+,31+,32-/m1/s1. The molecule has 0 aliphatic heterocycles. The monoisotopic (exact) mass is 468 g/mol. The predicted molar refractivity (Wildman–Crippen MR) is 140 cm³/mol. The SMILES string of the molecule is CC(=O)O[C@@H]1CC[C@@]2(C)[C@@H](CC[C@]3(C)[C@H]2CC=C2[C@@H]4[C@H](C)[C@H](C)CC[C@@]4(C)CC[C@@]23C)C1(C)C. The molecule has 2 nitrogen and oxygen atoms in total. The quantitative estimate of drug-likeness (QED) is 0.284. The van der Waals surface area contributed by atoms with Crippen LogP contribution >= 0.6 is 0 Å². The number of rotatable bonds is 1. The molecule has 0 unspecified atom stereocenters. The van der Waals surface area contributed by atoms with Gasteiger partial charge in [-0.15, -0.1) is 0 Å². The molecule has 192 valence electrons. The molecule has 10 atom stereocenters. The Kier molecular flexibility index (Phi) is 5.57. The second-order valence-electron chi connectivity index (χ2n) is 15.3. The molecule has 0 bridgehead atoms. The summed E-state index contributed by atoms with van der Waals surface area (Å²) in [6, 6.07) is 0. The first-order valence-electron chi connectivity index (χ1n) is 14.6. The van der Waals surface area contributed by atoms with Crippen LogP contribution in [0.3, 0.4) is 0 Å². The van der Waals surface area contributed by atoms with Gasteiger partial charge in [-0.1, -0.05) is 67.0 Å². The number of fused-ring (bicyclic) bond motifs is 7. The number of ether oxygens (including phenoxy) is 1. The van der Waals surface area contributed by atoms with Crippen molar-refractivity contribution >= 4 is 5.97 Å². The molecule has 0 saturated heterocycles. The summed E-state index contributed by atoms with van der Waals surface area (Å²) in [6.45, 7) is 22.1. The average molecular weight is 469 g/mol. The van der Waals surface area contributed by atoms with Gasteiger partial charge in [-0.2, -0.15) is 0 Å².